The van der Waals surface area contributed by atoms with Crippen LogP contribution in [0.3, 0.4) is 0 Å². The lowest BCUT2D eigenvalue weighted by atomic mass is 10.1. The fraction of sp³-hybridized carbons (Fsp3) is 0.588. The third-order valence-electron chi connectivity index (χ3n) is 3.68. The minimum Gasteiger partial charge on any atom is -0.356 e. The molecule has 0 unspecified atom stereocenters. The minimum absolute atomic E-state index is 0.116. The van der Waals surface area contributed by atoms with Crippen molar-refractivity contribution in [3.05, 3.63) is 28.8 Å². The van der Waals surface area contributed by atoms with E-state index in [9.17, 15) is 13.2 Å². The van der Waals surface area contributed by atoms with Gasteiger partial charge in [0.25, 0.3) is 0 Å². The van der Waals surface area contributed by atoms with Crippen molar-refractivity contribution in [2.24, 2.45) is 0 Å². The average molecular weight is 340 g/mol. The molecule has 0 saturated heterocycles. The van der Waals surface area contributed by atoms with Gasteiger partial charge in [0.15, 0.2) is 0 Å². The number of sulfonamides is 1. The van der Waals surface area contributed by atoms with Gasteiger partial charge in [-0.15, -0.1) is 0 Å². The fourth-order valence-corrected chi connectivity index (χ4v) is 3.75. The summed E-state index contributed by atoms with van der Waals surface area (Å²) in [5.41, 5.74) is 3.58. The molecule has 0 aliphatic carbocycles. The summed E-state index contributed by atoms with van der Waals surface area (Å²) in [4.78, 5) is 11.9. The summed E-state index contributed by atoms with van der Waals surface area (Å²) in [6.07, 6.45) is 3.28. The molecule has 0 aliphatic rings. The van der Waals surface area contributed by atoms with E-state index in [1.165, 1.54) is 10.6 Å². The van der Waals surface area contributed by atoms with Crippen molar-refractivity contribution >= 4 is 21.6 Å². The van der Waals surface area contributed by atoms with Crippen LogP contribution in [0.1, 0.15) is 42.9 Å². The molecule has 0 atom stereocenters. The van der Waals surface area contributed by atoms with E-state index in [-0.39, 0.29) is 18.9 Å². The molecule has 5 nitrogen and oxygen atoms in total. The molecular formula is C17H28N2O3S. The molecule has 23 heavy (non-hydrogen) atoms. The van der Waals surface area contributed by atoms with Gasteiger partial charge in [0.05, 0.1) is 11.9 Å². The number of unbranched alkanes of at least 4 members (excludes halogenated alkanes) is 1. The van der Waals surface area contributed by atoms with Crippen molar-refractivity contribution in [3.8, 4) is 0 Å². The number of amides is 1. The Morgan fingerprint density at radius 3 is 2.22 bits per heavy atom. The number of hydrogen-bond acceptors (Lipinski definition) is 3. The van der Waals surface area contributed by atoms with Crippen LogP contribution in [-0.2, 0) is 14.8 Å². The van der Waals surface area contributed by atoms with Crippen molar-refractivity contribution in [1.82, 2.24) is 5.32 Å². The summed E-state index contributed by atoms with van der Waals surface area (Å²) in [6, 6.07) is 3.92. The zero-order valence-corrected chi connectivity index (χ0v) is 15.6. The number of anilines is 1. The van der Waals surface area contributed by atoms with E-state index in [4.69, 9.17) is 0 Å². The second kappa shape index (κ2) is 8.34. The predicted molar refractivity (Wildman–Crippen MR) is 95.4 cm³/mol. The number of aryl methyl sites for hydroxylation is 3. The molecule has 0 radical (unpaired) electrons. The molecular weight excluding hydrogens is 312 g/mol. The topological polar surface area (TPSA) is 66.5 Å². The molecule has 0 heterocycles. The Bertz CT molecular complexity index is 631. The van der Waals surface area contributed by atoms with Crippen LogP contribution >= 0.6 is 0 Å². The summed E-state index contributed by atoms with van der Waals surface area (Å²) >= 11 is 0. The van der Waals surface area contributed by atoms with Gasteiger partial charge in [0.1, 0.15) is 0 Å². The number of nitrogens with one attached hydrogen (secondary N) is 1. The first-order valence-corrected chi connectivity index (χ1v) is 9.84. The van der Waals surface area contributed by atoms with E-state index in [0.29, 0.717) is 12.2 Å². The highest BCUT2D eigenvalue weighted by atomic mass is 32.2. The number of benzene rings is 1. The van der Waals surface area contributed by atoms with Gasteiger partial charge < -0.3 is 5.32 Å². The van der Waals surface area contributed by atoms with Gasteiger partial charge in [-0.2, -0.15) is 0 Å². The Balaban J connectivity index is 2.94. The van der Waals surface area contributed by atoms with Gasteiger partial charge in [0.2, 0.25) is 15.9 Å². The van der Waals surface area contributed by atoms with E-state index in [0.717, 1.165) is 29.5 Å². The number of rotatable bonds is 8. The zero-order valence-electron chi connectivity index (χ0n) is 14.8. The fourth-order valence-electron chi connectivity index (χ4n) is 2.71. The monoisotopic (exact) mass is 340 g/mol. The zero-order chi connectivity index (χ0) is 17.6. The summed E-state index contributed by atoms with van der Waals surface area (Å²) in [5, 5.41) is 2.82. The molecule has 1 aromatic carbocycles. The molecule has 0 fully saturated rings. The van der Waals surface area contributed by atoms with Crippen LogP contribution in [0.25, 0.3) is 0 Å². The summed E-state index contributed by atoms with van der Waals surface area (Å²) < 4.78 is 25.7. The Morgan fingerprint density at radius 1 is 1.17 bits per heavy atom. The van der Waals surface area contributed by atoms with E-state index >= 15 is 0 Å². The van der Waals surface area contributed by atoms with Crippen molar-refractivity contribution in [1.29, 1.82) is 0 Å². The summed E-state index contributed by atoms with van der Waals surface area (Å²) in [5.74, 6) is -0.116. The van der Waals surface area contributed by atoms with Crippen LogP contribution in [-0.4, -0.2) is 33.7 Å². The minimum atomic E-state index is -3.44. The van der Waals surface area contributed by atoms with Crippen molar-refractivity contribution in [2.45, 2.75) is 47.0 Å². The predicted octanol–water partition coefficient (Wildman–Crippen LogP) is 2.68. The van der Waals surface area contributed by atoms with Gasteiger partial charge >= 0.3 is 0 Å². The summed E-state index contributed by atoms with van der Waals surface area (Å²) in [7, 11) is -3.44. The quantitative estimate of drug-likeness (QED) is 0.740. The molecule has 0 spiro atoms. The van der Waals surface area contributed by atoms with Crippen molar-refractivity contribution in [2.75, 3.05) is 23.7 Å². The van der Waals surface area contributed by atoms with Gasteiger partial charge in [-0.3, -0.25) is 9.10 Å². The number of carbonyl (C=O) groups excluding carboxylic acids is 1. The first-order chi connectivity index (χ1) is 10.7. The molecule has 0 saturated carbocycles. The van der Waals surface area contributed by atoms with Crippen LogP contribution in [0.2, 0.25) is 0 Å². The Kier molecular flexibility index (Phi) is 7.06. The third kappa shape index (κ3) is 5.86. The average Bonchev–Trinajstić information content (AvgIpc) is 2.40. The Hall–Kier alpha value is -1.56. The van der Waals surface area contributed by atoms with Crippen molar-refractivity contribution < 1.29 is 13.2 Å². The standard InChI is InChI=1S/C17H28N2O3S/c1-6-7-9-18-16(20)8-10-19(23(5,21)22)17-14(3)11-13(2)12-15(17)4/h11-12H,6-10H2,1-5H3,(H,18,20). The van der Waals surface area contributed by atoms with E-state index in [1.54, 1.807) is 0 Å². The highest BCUT2D eigenvalue weighted by molar-refractivity contribution is 7.92. The number of nitrogens with zero attached hydrogens (tertiary/aromatic N) is 1. The molecule has 1 rings (SSSR count). The Labute approximate surface area is 140 Å². The largest absolute Gasteiger partial charge is 0.356 e. The van der Waals surface area contributed by atoms with Gasteiger partial charge in [-0.1, -0.05) is 31.0 Å². The van der Waals surface area contributed by atoms with E-state index in [1.807, 2.05) is 32.9 Å². The highest BCUT2D eigenvalue weighted by Crippen LogP contribution is 2.28. The molecule has 0 aliphatic heterocycles. The van der Waals surface area contributed by atoms with E-state index in [2.05, 4.69) is 12.2 Å². The normalized spacial score (nSPS) is 11.3. The van der Waals surface area contributed by atoms with Crippen LogP contribution < -0.4 is 9.62 Å². The van der Waals surface area contributed by atoms with Crippen LogP contribution in [0.4, 0.5) is 5.69 Å². The molecule has 6 heteroatoms. The molecule has 0 aromatic heterocycles. The molecule has 1 aromatic rings. The van der Waals surface area contributed by atoms with E-state index < -0.39 is 10.0 Å². The maximum atomic E-state index is 12.2. The Morgan fingerprint density at radius 2 is 1.74 bits per heavy atom. The SMILES string of the molecule is CCCCNC(=O)CCN(c1c(C)cc(C)cc1C)S(C)(=O)=O. The molecule has 0 bridgehead atoms. The second-order valence-electron chi connectivity index (χ2n) is 6.04. The molecule has 1 amide bonds. The lowest BCUT2D eigenvalue weighted by Gasteiger charge is -2.26. The summed E-state index contributed by atoms with van der Waals surface area (Å²) in [6.45, 7) is 8.62. The van der Waals surface area contributed by atoms with Crippen molar-refractivity contribution in [3.63, 3.8) is 0 Å². The number of carbonyl (C=O) groups is 1. The molecule has 130 valence electrons. The van der Waals surface area contributed by atoms with Gasteiger partial charge in [-0.05, 0) is 38.3 Å². The van der Waals surface area contributed by atoms with Crippen LogP contribution in [0, 0.1) is 20.8 Å². The second-order valence-corrected chi connectivity index (χ2v) is 7.94. The number of hydrogen-bond donors (Lipinski definition) is 1. The molecule has 1 N–H and O–H groups in total. The van der Waals surface area contributed by atoms with Crippen LogP contribution in [0.15, 0.2) is 12.1 Å². The van der Waals surface area contributed by atoms with Crippen LogP contribution in [0.5, 0.6) is 0 Å². The van der Waals surface area contributed by atoms with Gasteiger partial charge in [-0.25, -0.2) is 8.42 Å². The smallest absolute Gasteiger partial charge is 0.232 e. The maximum absolute atomic E-state index is 12.2. The third-order valence-corrected chi connectivity index (χ3v) is 4.85. The first kappa shape index (κ1) is 19.5. The lowest BCUT2D eigenvalue weighted by Crippen LogP contribution is -2.35. The first-order valence-electron chi connectivity index (χ1n) is 7.99. The van der Waals surface area contributed by atoms with Gasteiger partial charge in [0, 0.05) is 19.5 Å². The highest BCUT2D eigenvalue weighted by Gasteiger charge is 2.22. The maximum Gasteiger partial charge on any atom is 0.232 e. The lowest BCUT2D eigenvalue weighted by molar-refractivity contribution is -0.120.